The fraction of sp³-hybridized carbons (Fsp3) is 0.128. The Balaban J connectivity index is 0.00000451. The number of benzene rings is 5. The molecule has 0 aliphatic rings. The number of halogens is 2. The van der Waals surface area contributed by atoms with Gasteiger partial charge in [0.1, 0.15) is 11.5 Å². The zero-order chi connectivity index (χ0) is 32.6. The standard InChI is InChI=1S/C39H35ClN4O3.ClH/c40-30-16-18-33(37(22-30)47-31-12-6-8-26(20-31)23-41)35-21-28(27-9-2-1-3-10-27)15-17-34(35)39(46)44-38(45)25-42-19-7-11-29-24-43-36-14-5-4-13-32(29)36;/h1-6,8-10,12-18,20-22,24,42-43H,7,11,19,23,25,41H2,(H,44,45,46);1H. The van der Waals surface area contributed by atoms with Crippen molar-refractivity contribution >= 4 is 46.7 Å². The van der Waals surface area contributed by atoms with Crippen LogP contribution in [0.2, 0.25) is 5.02 Å². The van der Waals surface area contributed by atoms with Crippen LogP contribution in [0.3, 0.4) is 0 Å². The Bertz CT molecular complexity index is 2030. The molecular weight excluding hydrogens is 643 g/mol. The Hall–Kier alpha value is -4.92. The molecule has 5 N–H and O–H groups in total. The van der Waals surface area contributed by atoms with E-state index in [0.717, 1.165) is 35.0 Å². The molecule has 0 saturated carbocycles. The van der Waals surface area contributed by atoms with E-state index in [4.69, 9.17) is 22.1 Å². The summed E-state index contributed by atoms with van der Waals surface area (Å²) in [6.45, 7) is 1.02. The van der Waals surface area contributed by atoms with Gasteiger partial charge in [0.25, 0.3) is 5.91 Å². The lowest BCUT2D eigenvalue weighted by Crippen LogP contribution is -2.38. The molecule has 0 unspecified atom stereocenters. The van der Waals surface area contributed by atoms with Gasteiger partial charge in [0, 0.05) is 45.9 Å². The van der Waals surface area contributed by atoms with Crippen LogP contribution in [0.15, 0.2) is 121 Å². The van der Waals surface area contributed by atoms with Gasteiger partial charge in [-0.1, -0.05) is 78.3 Å². The number of aryl methyl sites for hydroxylation is 1. The molecule has 0 fully saturated rings. The summed E-state index contributed by atoms with van der Waals surface area (Å²) in [4.78, 5) is 29.8. The van der Waals surface area contributed by atoms with Gasteiger partial charge in [0.05, 0.1) is 6.54 Å². The fourth-order valence-corrected chi connectivity index (χ4v) is 5.79. The number of aromatic nitrogens is 1. The van der Waals surface area contributed by atoms with Crippen molar-refractivity contribution in [2.24, 2.45) is 5.73 Å². The molecule has 0 bridgehead atoms. The van der Waals surface area contributed by atoms with E-state index in [1.165, 1.54) is 10.9 Å². The van der Waals surface area contributed by atoms with E-state index in [1.807, 2.05) is 91.1 Å². The summed E-state index contributed by atoms with van der Waals surface area (Å²) < 4.78 is 6.32. The average molecular weight is 680 g/mol. The zero-order valence-electron chi connectivity index (χ0n) is 26.2. The number of amides is 2. The first-order valence-corrected chi connectivity index (χ1v) is 15.9. The Morgan fingerprint density at radius 2 is 1.62 bits per heavy atom. The maximum absolute atomic E-state index is 13.6. The van der Waals surface area contributed by atoms with Crippen molar-refractivity contribution in [1.82, 2.24) is 15.6 Å². The first-order valence-electron chi connectivity index (χ1n) is 15.5. The van der Waals surface area contributed by atoms with Gasteiger partial charge in [0.15, 0.2) is 0 Å². The molecule has 0 aliphatic heterocycles. The Morgan fingerprint density at radius 1 is 0.812 bits per heavy atom. The highest BCUT2D eigenvalue weighted by atomic mass is 35.5. The number of rotatable bonds is 12. The second-order valence-electron chi connectivity index (χ2n) is 11.2. The van der Waals surface area contributed by atoms with Crippen LogP contribution in [-0.2, 0) is 17.8 Å². The molecule has 6 aromatic rings. The Kier molecular flexibility index (Phi) is 11.7. The fourth-order valence-electron chi connectivity index (χ4n) is 5.62. The number of hydrogen-bond acceptors (Lipinski definition) is 5. The van der Waals surface area contributed by atoms with Crippen LogP contribution in [0.25, 0.3) is 33.2 Å². The molecule has 244 valence electrons. The van der Waals surface area contributed by atoms with Gasteiger partial charge >= 0.3 is 0 Å². The summed E-state index contributed by atoms with van der Waals surface area (Å²) in [5.74, 6) is 0.143. The van der Waals surface area contributed by atoms with E-state index in [9.17, 15) is 9.59 Å². The maximum atomic E-state index is 13.6. The topological polar surface area (TPSA) is 109 Å². The molecule has 7 nitrogen and oxygen atoms in total. The predicted molar refractivity (Wildman–Crippen MR) is 196 cm³/mol. The SMILES string of the molecule is Cl.NCc1cccc(Oc2cc(Cl)ccc2-c2cc(-c3ccccc3)ccc2C(=O)NC(=O)CNCCCc2c[nH]c3ccccc23)c1. The number of aromatic amines is 1. The number of carbonyl (C=O) groups excluding carboxylic acids is 2. The second kappa shape index (κ2) is 16.3. The summed E-state index contributed by atoms with van der Waals surface area (Å²) in [6.07, 6.45) is 3.75. The number of nitrogens with two attached hydrogens (primary N) is 1. The summed E-state index contributed by atoms with van der Waals surface area (Å²) >= 11 is 6.42. The quantitative estimate of drug-likeness (QED) is 0.0974. The van der Waals surface area contributed by atoms with Crippen LogP contribution in [0.5, 0.6) is 11.5 Å². The van der Waals surface area contributed by atoms with Crippen LogP contribution >= 0.6 is 24.0 Å². The van der Waals surface area contributed by atoms with Crippen LogP contribution < -0.4 is 21.1 Å². The van der Waals surface area contributed by atoms with E-state index in [2.05, 4.69) is 27.8 Å². The molecular formula is C39H36Cl2N4O3. The van der Waals surface area contributed by atoms with E-state index in [-0.39, 0.29) is 19.0 Å². The first kappa shape index (κ1) is 34.4. The van der Waals surface area contributed by atoms with Gasteiger partial charge in [-0.2, -0.15) is 0 Å². The molecule has 2 amide bonds. The number of H-pyrrole nitrogens is 1. The summed E-state index contributed by atoms with van der Waals surface area (Å²) in [7, 11) is 0. The number of hydrogen-bond donors (Lipinski definition) is 4. The molecule has 5 aromatic carbocycles. The molecule has 1 heterocycles. The van der Waals surface area contributed by atoms with Crippen LogP contribution in [0, 0.1) is 0 Å². The number of nitrogens with one attached hydrogen (secondary N) is 3. The summed E-state index contributed by atoms with van der Waals surface area (Å²) in [6, 6.07) is 36.4. The molecule has 48 heavy (non-hydrogen) atoms. The third-order valence-electron chi connectivity index (χ3n) is 7.98. The van der Waals surface area contributed by atoms with Crippen LogP contribution in [-0.4, -0.2) is 29.9 Å². The van der Waals surface area contributed by atoms with Gasteiger partial charge in [-0.3, -0.25) is 14.9 Å². The minimum atomic E-state index is -0.503. The van der Waals surface area contributed by atoms with Crippen LogP contribution in [0.1, 0.15) is 27.9 Å². The van der Waals surface area contributed by atoms with E-state index in [1.54, 1.807) is 18.2 Å². The zero-order valence-corrected chi connectivity index (χ0v) is 27.7. The van der Waals surface area contributed by atoms with Crippen molar-refractivity contribution < 1.29 is 14.3 Å². The van der Waals surface area contributed by atoms with Crippen molar-refractivity contribution in [3.63, 3.8) is 0 Å². The van der Waals surface area contributed by atoms with E-state index < -0.39 is 11.8 Å². The number of imide groups is 1. The van der Waals surface area contributed by atoms with Gasteiger partial charge in [0.2, 0.25) is 5.91 Å². The highest BCUT2D eigenvalue weighted by molar-refractivity contribution is 6.30. The largest absolute Gasteiger partial charge is 0.457 e. The van der Waals surface area contributed by atoms with Crippen molar-refractivity contribution in [2.45, 2.75) is 19.4 Å². The molecule has 9 heteroatoms. The summed E-state index contributed by atoms with van der Waals surface area (Å²) in [5, 5.41) is 7.42. The number of fused-ring (bicyclic) bond motifs is 1. The smallest absolute Gasteiger partial charge is 0.258 e. The minimum Gasteiger partial charge on any atom is -0.457 e. The Labute approximate surface area is 290 Å². The predicted octanol–water partition coefficient (Wildman–Crippen LogP) is 8.31. The average Bonchev–Trinajstić information content (AvgIpc) is 3.51. The van der Waals surface area contributed by atoms with Crippen molar-refractivity contribution in [3.05, 3.63) is 143 Å². The third-order valence-corrected chi connectivity index (χ3v) is 8.22. The summed E-state index contributed by atoms with van der Waals surface area (Å²) in [5.41, 5.74) is 12.6. The van der Waals surface area contributed by atoms with E-state index in [0.29, 0.717) is 46.3 Å². The highest BCUT2D eigenvalue weighted by Crippen LogP contribution is 2.39. The van der Waals surface area contributed by atoms with Gasteiger partial charge < -0.3 is 20.8 Å². The maximum Gasteiger partial charge on any atom is 0.258 e. The number of para-hydroxylation sites is 1. The molecule has 1 aromatic heterocycles. The third kappa shape index (κ3) is 8.32. The molecule has 0 aliphatic carbocycles. The van der Waals surface area contributed by atoms with Crippen LogP contribution in [0.4, 0.5) is 0 Å². The second-order valence-corrected chi connectivity index (χ2v) is 11.7. The number of carbonyl (C=O) groups is 2. The first-order chi connectivity index (χ1) is 23.0. The Morgan fingerprint density at radius 3 is 2.46 bits per heavy atom. The van der Waals surface area contributed by atoms with Crippen molar-refractivity contribution in [2.75, 3.05) is 13.1 Å². The highest BCUT2D eigenvalue weighted by Gasteiger charge is 2.20. The molecule has 0 atom stereocenters. The monoisotopic (exact) mass is 678 g/mol. The van der Waals surface area contributed by atoms with Crippen molar-refractivity contribution in [1.29, 1.82) is 0 Å². The minimum absolute atomic E-state index is 0. The van der Waals surface area contributed by atoms with E-state index >= 15 is 0 Å². The molecule has 6 rings (SSSR count). The lowest BCUT2D eigenvalue weighted by atomic mass is 9.93. The normalized spacial score (nSPS) is 10.8. The molecule has 0 radical (unpaired) electrons. The lowest BCUT2D eigenvalue weighted by molar-refractivity contribution is -0.119. The number of ether oxygens (including phenoxy) is 1. The van der Waals surface area contributed by atoms with Gasteiger partial charge in [-0.05, 0) is 89.7 Å². The molecule has 0 saturated heterocycles. The van der Waals surface area contributed by atoms with Crippen molar-refractivity contribution in [3.8, 4) is 33.8 Å². The van der Waals surface area contributed by atoms with Gasteiger partial charge in [-0.25, -0.2) is 0 Å². The lowest BCUT2D eigenvalue weighted by Gasteiger charge is -2.17. The van der Waals surface area contributed by atoms with Gasteiger partial charge in [-0.15, -0.1) is 12.4 Å². The molecule has 0 spiro atoms.